The average Bonchev–Trinajstić information content (AvgIpc) is 2.15. The van der Waals surface area contributed by atoms with E-state index in [9.17, 15) is 4.21 Å². The molecule has 1 aromatic rings. The lowest BCUT2D eigenvalue weighted by Crippen LogP contribution is -2.05. The van der Waals surface area contributed by atoms with Gasteiger partial charge in [-0.05, 0) is 17.5 Å². The van der Waals surface area contributed by atoms with Crippen LogP contribution < -0.4 is 5.73 Å². The molecule has 0 radical (unpaired) electrons. The van der Waals surface area contributed by atoms with Crippen molar-refractivity contribution >= 4 is 11.1 Å². The molecular formula is C9H13NO2S. The van der Waals surface area contributed by atoms with Crippen LogP contribution in [0.4, 0.5) is 0 Å². The van der Waals surface area contributed by atoms with E-state index in [1.807, 2.05) is 24.3 Å². The lowest BCUT2D eigenvalue weighted by molar-refractivity contribution is 0.563. The van der Waals surface area contributed by atoms with Gasteiger partial charge in [0.2, 0.25) is 0 Å². The Morgan fingerprint density at radius 3 is 2.46 bits per heavy atom. The maximum absolute atomic E-state index is 10.5. The average molecular weight is 199 g/mol. The van der Waals surface area contributed by atoms with Gasteiger partial charge < -0.3 is 10.3 Å². The number of hydrogen-bond acceptors (Lipinski definition) is 2. The second kappa shape index (κ2) is 5.11. The van der Waals surface area contributed by atoms with Crippen LogP contribution in [-0.2, 0) is 24.0 Å². The van der Waals surface area contributed by atoms with Crippen molar-refractivity contribution in [3.8, 4) is 0 Å². The first kappa shape index (κ1) is 10.4. The van der Waals surface area contributed by atoms with E-state index >= 15 is 0 Å². The number of nitrogens with two attached hydrogens (primary N) is 1. The van der Waals surface area contributed by atoms with E-state index in [1.54, 1.807) is 0 Å². The van der Waals surface area contributed by atoms with Gasteiger partial charge in [-0.15, -0.1) is 0 Å². The largest absolute Gasteiger partial charge is 0.326 e. The number of benzene rings is 1. The minimum absolute atomic E-state index is 0.275. The standard InChI is InChI=1S/C9H13NO2S/c10-7-9-4-2-1-3-8(9)5-6-13(11)12/h1-4H,5-7,10H2,(H,11,12). The molecule has 1 aromatic carbocycles. The molecule has 0 aromatic heterocycles. The highest BCUT2D eigenvalue weighted by molar-refractivity contribution is 7.79. The third-order valence-corrected chi connectivity index (χ3v) is 2.44. The summed E-state index contributed by atoms with van der Waals surface area (Å²) in [6.07, 6.45) is 0.608. The maximum atomic E-state index is 10.5. The van der Waals surface area contributed by atoms with Gasteiger partial charge in [0.15, 0.2) is 11.1 Å². The molecule has 0 fully saturated rings. The molecular weight excluding hydrogens is 186 g/mol. The molecule has 0 bridgehead atoms. The molecule has 0 spiro atoms. The van der Waals surface area contributed by atoms with Crippen LogP contribution in [0.5, 0.6) is 0 Å². The minimum atomic E-state index is -1.72. The molecule has 0 saturated carbocycles. The Kier molecular flexibility index (Phi) is 4.08. The predicted molar refractivity (Wildman–Crippen MR) is 53.7 cm³/mol. The SMILES string of the molecule is NCc1ccccc1CCS(=O)O. The van der Waals surface area contributed by atoms with E-state index in [0.717, 1.165) is 11.1 Å². The smallest absolute Gasteiger partial charge is 0.153 e. The summed E-state index contributed by atoms with van der Waals surface area (Å²) in [7, 11) is 0. The van der Waals surface area contributed by atoms with Crippen LogP contribution in [0.15, 0.2) is 24.3 Å². The van der Waals surface area contributed by atoms with E-state index in [0.29, 0.717) is 13.0 Å². The van der Waals surface area contributed by atoms with Crippen molar-refractivity contribution in [2.45, 2.75) is 13.0 Å². The van der Waals surface area contributed by atoms with Crippen LogP contribution in [-0.4, -0.2) is 14.5 Å². The summed E-state index contributed by atoms with van der Waals surface area (Å²) in [6.45, 7) is 0.480. The van der Waals surface area contributed by atoms with E-state index in [4.69, 9.17) is 10.3 Å². The molecule has 1 atom stereocenters. The first-order valence-electron chi connectivity index (χ1n) is 4.08. The molecule has 1 unspecified atom stereocenters. The van der Waals surface area contributed by atoms with Gasteiger partial charge in [0.25, 0.3) is 0 Å². The fourth-order valence-corrected chi connectivity index (χ4v) is 1.59. The molecule has 13 heavy (non-hydrogen) atoms. The van der Waals surface area contributed by atoms with Gasteiger partial charge in [0.1, 0.15) is 0 Å². The minimum Gasteiger partial charge on any atom is -0.326 e. The molecule has 1 rings (SSSR count). The first-order valence-corrected chi connectivity index (χ1v) is 5.36. The molecule has 0 saturated heterocycles. The molecule has 72 valence electrons. The Labute approximate surface area is 80.2 Å². The highest BCUT2D eigenvalue weighted by Gasteiger charge is 2.01. The van der Waals surface area contributed by atoms with E-state index in [1.165, 1.54) is 0 Å². The molecule has 0 amide bonds. The van der Waals surface area contributed by atoms with Gasteiger partial charge in [-0.25, -0.2) is 4.21 Å². The predicted octanol–water partition coefficient (Wildman–Crippen LogP) is 0.909. The number of hydrogen-bond donors (Lipinski definition) is 2. The van der Waals surface area contributed by atoms with E-state index < -0.39 is 11.1 Å². The number of rotatable bonds is 4. The summed E-state index contributed by atoms with van der Waals surface area (Å²) in [5, 5.41) is 0. The topological polar surface area (TPSA) is 63.3 Å². The Bertz CT molecular complexity index is 301. The Balaban J connectivity index is 2.69. The van der Waals surface area contributed by atoms with Crippen molar-refractivity contribution in [1.82, 2.24) is 0 Å². The molecule has 4 heteroatoms. The molecule has 3 nitrogen and oxygen atoms in total. The van der Waals surface area contributed by atoms with Gasteiger partial charge in [-0.1, -0.05) is 24.3 Å². The van der Waals surface area contributed by atoms with Crippen molar-refractivity contribution < 1.29 is 8.76 Å². The lowest BCUT2D eigenvalue weighted by Gasteiger charge is -2.05. The van der Waals surface area contributed by atoms with Crippen LogP contribution >= 0.6 is 0 Å². The molecule has 3 N–H and O–H groups in total. The lowest BCUT2D eigenvalue weighted by atomic mass is 10.1. The van der Waals surface area contributed by atoms with Crippen molar-refractivity contribution in [3.63, 3.8) is 0 Å². The van der Waals surface area contributed by atoms with Crippen LogP contribution in [0.2, 0.25) is 0 Å². The van der Waals surface area contributed by atoms with E-state index in [-0.39, 0.29) is 5.75 Å². The summed E-state index contributed by atoms with van der Waals surface area (Å²) in [5.74, 6) is 0.275. The van der Waals surface area contributed by atoms with E-state index in [2.05, 4.69) is 0 Å². The summed E-state index contributed by atoms with van der Waals surface area (Å²) in [5.41, 5.74) is 7.63. The van der Waals surface area contributed by atoms with Crippen LogP contribution in [0.25, 0.3) is 0 Å². The molecule has 0 heterocycles. The maximum Gasteiger partial charge on any atom is 0.153 e. The second-order valence-electron chi connectivity index (χ2n) is 2.75. The normalized spacial score (nSPS) is 12.8. The van der Waals surface area contributed by atoms with Crippen molar-refractivity contribution in [1.29, 1.82) is 0 Å². The second-order valence-corrected chi connectivity index (χ2v) is 3.80. The van der Waals surface area contributed by atoms with Crippen LogP contribution in [0.3, 0.4) is 0 Å². The van der Waals surface area contributed by atoms with Crippen LogP contribution in [0, 0.1) is 0 Å². The third-order valence-electron chi connectivity index (χ3n) is 1.88. The van der Waals surface area contributed by atoms with Crippen molar-refractivity contribution in [2.75, 3.05) is 5.75 Å². The Morgan fingerprint density at radius 1 is 1.31 bits per heavy atom. The Hall–Kier alpha value is -0.710. The number of aryl methyl sites for hydroxylation is 1. The van der Waals surface area contributed by atoms with Crippen molar-refractivity contribution in [3.05, 3.63) is 35.4 Å². The summed E-state index contributed by atoms with van der Waals surface area (Å²) in [4.78, 5) is 0. The third kappa shape index (κ3) is 3.26. The zero-order valence-corrected chi connectivity index (χ0v) is 8.09. The Morgan fingerprint density at radius 2 is 1.92 bits per heavy atom. The summed E-state index contributed by atoms with van der Waals surface area (Å²) >= 11 is -1.72. The van der Waals surface area contributed by atoms with Crippen LogP contribution in [0.1, 0.15) is 11.1 Å². The van der Waals surface area contributed by atoms with Gasteiger partial charge in [0, 0.05) is 6.54 Å². The fourth-order valence-electron chi connectivity index (χ4n) is 1.20. The van der Waals surface area contributed by atoms with Gasteiger partial charge in [0.05, 0.1) is 5.75 Å². The highest BCUT2D eigenvalue weighted by Crippen LogP contribution is 2.08. The monoisotopic (exact) mass is 199 g/mol. The highest BCUT2D eigenvalue weighted by atomic mass is 32.2. The summed E-state index contributed by atoms with van der Waals surface area (Å²) < 4.78 is 19.1. The van der Waals surface area contributed by atoms with Gasteiger partial charge in [-0.2, -0.15) is 0 Å². The van der Waals surface area contributed by atoms with Crippen molar-refractivity contribution in [2.24, 2.45) is 5.73 Å². The van der Waals surface area contributed by atoms with Gasteiger partial charge >= 0.3 is 0 Å². The summed E-state index contributed by atoms with van der Waals surface area (Å²) in [6, 6.07) is 7.71. The zero-order valence-electron chi connectivity index (χ0n) is 7.27. The first-order chi connectivity index (χ1) is 6.24. The molecule has 0 aliphatic rings. The van der Waals surface area contributed by atoms with Gasteiger partial charge in [-0.3, -0.25) is 0 Å². The molecule has 0 aliphatic heterocycles. The molecule has 0 aliphatic carbocycles. The quantitative estimate of drug-likeness (QED) is 0.708. The zero-order chi connectivity index (χ0) is 9.68. The fraction of sp³-hybridized carbons (Fsp3) is 0.333.